The van der Waals surface area contributed by atoms with Crippen LogP contribution in [-0.2, 0) is 9.59 Å². The lowest BCUT2D eigenvalue weighted by molar-refractivity contribution is -0.144. The zero-order chi connectivity index (χ0) is 21.1. The topological polar surface area (TPSA) is 57.7 Å². The number of Topliss-reactive ketones (excluding diaryl/α,β-unsaturated/α-hetero) is 1. The maximum atomic E-state index is 13.8. The fraction of sp³-hybridized carbons (Fsp3) is 0.400. The first kappa shape index (κ1) is 19.0. The number of ketones is 1. The Kier molecular flexibility index (Phi) is 4.39. The first-order valence-corrected chi connectivity index (χ1v) is 12.0. The molecule has 1 saturated carbocycles. The Hall–Kier alpha value is -2.73. The van der Waals surface area contributed by atoms with Gasteiger partial charge in [-0.15, -0.1) is 11.3 Å². The number of imide groups is 1. The van der Waals surface area contributed by atoms with Crippen molar-refractivity contribution in [2.24, 2.45) is 11.8 Å². The van der Waals surface area contributed by atoms with Gasteiger partial charge in [-0.05, 0) is 41.5 Å². The van der Waals surface area contributed by atoms with E-state index >= 15 is 0 Å². The lowest BCUT2D eigenvalue weighted by atomic mass is 9.84. The fourth-order valence-corrected chi connectivity index (χ4v) is 6.84. The number of carbonyl (C=O) groups excluding carboxylic acids is 3. The number of carbonyl (C=O) groups is 3. The summed E-state index contributed by atoms with van der Waals surface area (Å²) in [5.74, 6) is -1.40. The van der Waals surface area contributed by atoms with Gasteiger partial charge in [-0.2, -0.15) is 0 Å². The number of amides is 2. The minimum absolute atomic E-state index is 0.0142. The van der Waals surface area contributed by atoms with E-state index in [2.05, 4.69) is 0 Å². The van der Waals surface area contributed by atoms with Crippen LogP contribution in [0, 0.1) is 11.8 Å². The van der Waals surface area contributed by atoms with Crippen LogP contribution in [0.5, 0.6) is 0 Å². The molecule has 5 nitrogen and oxygen atoms in total. The third kappa shape index (κ3) is 2.70. The zero-order valence-corrected chi connectivity index (χ0v) is 18.0. The lowest BCUT2D eigenvalue weighted by Crippen LogP contribution is -2.47. The van der Waals surface area contributed by atoms with Gasteiger partial charge >= 0.3 is 0 Å². The quantitative estimate of drug-likeness (QED) is 0.537. The normalized spacial score (nSPS) is 29.8. The minimum atomic E-state index is -0.636. The van der Waals surface area contributed by atoms with Crippen LogP contribution >= 0.6 is 11.3 Å². The lowest BCUT2D eigenvalue weighted by Gasteiger charge is -2.37. The molecule has 158 valence electrons. The van der Waals surface area contributed by atoms with E-state index in [9.17, 15) is 14.4 Å². The fourth-order valence-electron chi connectivity index (χ4n) is 6.14. The average Bonchev–Trinajstić information content (AvgIpc) is 3.50. The number of thiophene rings is 1. The summed E-state index contributed by atoms with van der Waals surface area (Å²) in [6.45, 7) is 0. The highest BCUT2D eigenvalue weighted by molar-refractivity contribution is 7.12. The van der Waals surface area contributed by atoms with Gasteiger partial charge in [0, 0.05) is 12.2 Å². The summed E-state index contributed by atoms with van der Waals surface area (Å²) in [6, 6.07) is 10.8. The van der Waals surface area contributed by atoms with Gasteiger partial charge in [0.25, 0.3) is 0 Å². The molecule has 0 radical (unpaired) electrons. The Labute approximate surface area is 185 Å². The molecule has 2 saturated heterocycles. The molecule has 0 spiro atoms. The van der Waals surface area contributed by atoms with Crippen LogP contribution in [0.2, 0.25) is 0 Å². The number of fused-ring (bicyclic) bond motifs is 5. The highest BCUT2D eigenvalue weighted by Gasteiger charge is 2.65. The summed E-state index contributed by atoms with van der Waals surface area (Å²) < 4.78 is 0. The molecule has 3 fully saturated rings. The minimum Gasteiger partial charge on any atom is -0.358 e. The third-order valence-electron chi connectivity index (χ3n) is 7.47. The van der Waals surface area contributed by atoms with E-state index < -0.39 is 17.9 Å². The van der Waals surface area contributed by atoms with E-state index in [4.69, 9.17) is 0 Å². The second kappa shape index (κ2) is 7.16. The van der Waals surface area contributed by atoms with Crippen molar-refractivity contribution in [1.29, 1.82) is 0 Å². The number of hydrogen-bond donors (Lipinski definition) is 0. The molecule has 6 rings (SSSR count). The molecule has 2 amide bonds. The molecule has 0 N–H and O–H groups in total. The molecule has 6 heteroatoms. The van der Waals surface area contributed by atoms with Crippen LogP contribution in [0.1, 0.15) is 58.9 Å². The van der Waals surface area contributed by atoms with E-state index in [1.807, 2.05) is 59.0 Å². The first-order valence-electron chi connectivity index (χ1n) is 11.2. The maximum absolute atomic E-state index is 13.8. The van der Waals surface area contributed by atoms with Crippen molar-refractivity contribution in [1.82, 2.24) is 9.80 Å². The van der Waals surface area contributed by atoms with Crippen LogP contribution < -0.4 is 0 Å². The number of likely N-dealkylation sites (tertiary alicyclic amines) is 1. The Balaban J connectivity index is 1.47. The van der Waals surface area contributed by atoms with Gasteiger partial charge in [0.05, 0.1) is 22.8 Å². The van der Waals surface area contributed by atoms with Crippen molar-refractivity contribution in [3.63, 3.8) is 0 Å². The van der Waals surface area contributed by atoms with Gasteiger partial charge in [0.2, 0.25) is 11.8 Å². The summed E-state index contributed by atoms with van der Waals surface area (Å²) in [7, 11) is 0. The molecular formula is C25H24N2O3S. The molecule has 2 aromatic rings. The molecule has 4 unspecified atom stereocenters. The molecule has 4 heterocycles. The Morgan fingerprint density at radius 2 is 1.71 bits per heavy atom. The average molecular weight is 433 g/mol. The number of rotatable bonds is 3. The number of hydrogen-bond acceptors (Lipinski definition) is 5. The van der Waals surface area contributed by atoms with Crippen LogP contribution in [0.3, 0.4) is 0 Å². The smallest absolute Gasteiger partial charge is 0.236 e. The highest BCUT2D eigenvalue weighted by atomic mass is 32.1. The van der Waals surface area contributed by atoms with Crippen molar-refractivity contribution in [2.75, 3.05) is 0 Å². The SMILES string of the molecule is O=C(c1cccs1)C1C2C(=O)N(C3CCCCC3)C(=O)C2C2c3ccccc3C=CN12. The maximum Gasteiger partial charge on any atom is 0.236 e. The predicted molar refractivity (Wildman–Crippen MR) is 118 cm³/mol. The summed E-state index contributed by atoms with van der Waals surface area (Å²) in [4.78, 5) is 45.3. The van der Waals surface area contributed by atoms with Crippen molar-refractivity contribution in [3.05, 3.63) is 64.0 Å². The Bertz CT molecular complexity index is 1090. The zero-order valence-electron chi connectivity index (χ0n) is 17.1. The van der Waals surface area contributed by atoms with E-state index in [1.54, 1.807) is 4.90 Å². The summed E-state index contributed by atoms with van der Waals surface area (Å²) in [6.07, 6.45) is 8.94. The molecule has 4 atom stereocenters. The Morgan fingerprint density at radius 1 is 0.935 bits per heavy atom. The van der Waals surface area contributed by atoms with Crippen LogP contribution in [0.15, 0.2) is 48.0 Å². The van der Waals surface area contributed by atoms with Gasteiger partial charge in [-0.1, -0.05) is 49.6 Å². The summed E-state index contributed by atoms with van der Waals surface area (Å²) in [5, 5.41) is 1.88. The van der Waals surface area contributed by atoms with Crippen molar-refractivity contribution in [3.8, 4) is 0 Å². The van der Waals surface area contributed by atoms with E-state index in [-0.39, 0.29) is 29.7 Å². The number of benzene rings is 1. The molecule has 1 aromatic carbocycles. The monoisotopic (exact) mass is 432 g/mol. The van der Waals surface area contributed by atoms with E-state index in [0.29, 0.717) is 4.88 Å². The van der Waals surface area contributed by atoms with Crippen LogP contribution in [-0.4, -0.2) is 39.5 Å². The summed E-state index contributed by atoms with van der Waals surface area (Å²) >= 11 is 1.40. The van der Waals surface area contributed by atoms with Gasteiger partial charge in [-0.3, -0.25) is 19.3 Å². The standard InChI is InChI=1S/C25H24N2O3S/c28-23(18-11-6-14-31-18)22-20-19(21-17-10-5-4-7-15(17)12-13-26(21)22)24(29)27(25(20)30)16-8-2-1-3-9-16/h4-7,10-14,16,19-22H,1-3,8-9H2. The van der Waals surface area contributed by atoms with Gasteiger partial charge in [-0.25, -0.2) is 0 Å². The van der Waals surface area contributed by atoms with Crippen molar-refractivity contribution < 1.29 is 14.4 Å². The van der Waals surface area contributed by atoms with Crippen molar-refractivity contribution >= 4 is 35.0 Å². The summed E-state index contributed by atoms with van der Waals surface area (Å²) in [5.41, 5.74) is 2.09. The molecule has 3 aliphatic heterocycles. The molecule has 4 aliphatic rings. The largest absolute Gasteiger partial charge is 0.358 e. The molecule has 31 heavy (non-hydrogen) atoms. The Morgan fingerprint density at radius 3 is 2.48 bits per heavy atom. The molecular weight excluding hydrogens is 408 g/mol. The van der Waals surface area contributed by atoms with Crippen LogP contribution in [0.25, 0.3) is 6.08 Å². The van der Waals surface area contributed by atoms with Crippen molar-refractivity contribution in [2.45, 2.75) is 50.2 Å². The molecule has 1 aromatic heterocycles. The number of nitrogens with zero attached hydrogens (tertiary/aromatic N) is 2. The van der Waals surface area contributed by atoms with Gasteiger partial charge < -0.3 is 4.90 Å². The molecule has 1 aliphatic carbocycles. The first-order chi connectivity index (χ1) is 15.2. The van der Waals surface area contributed by atoms with E-state index in [0.717, 1.165) is 43.2 Å². The third-order valence-corrected chi connectivity index (χ3v) is 8.35. The van der Waals surface area contributed by atoms with Crippen LogP contribution in [0.4, 0.5) is 0 Å². The van der Waals surface area contributed by atoms with Gasteiger partial charge in [0.1, 0.15) is 6.04 Å². The second-order valence-electron chi connectivity index (χ2n) is 9.01. The second-order valence-corrected chi connectivity index (χ2v) is 9.96. The van der Waals surface area contributed by atoms with E-state index in [1.165, 1.54) is 11.3 Å². The van der Waals surface area contributed by atoms with Gasteiger partial charge in [0.15, 0.2) is 5.78 Å². The highest BCUT2D eigenvalue weighted by Crippen LogP contribution is 2.54. The molecule has 0 bridgehead atoms. The predicted octanol–water partition coefficient (Wildman–Crippen LogP) is 4.27.